The van der Waals surface area contributed by atoms with E-state index in [1.165, 1.54) is 11.3 Å². The number of amides is 2. The third kappa shape index (κ3) is 3.24. The fourth-order valence-electron chi connectivity index (χ4n) is 1.83. The Labute approximate surface area is 138 Å². The Balaban J connectivity index is 1.73. The number of urea groups is 1. The molecular formula is C15H9BrN4OS. The molecule has 3 aromatic rings. The van der Waals surface area contributed by atoms with Crippen LogP contribution in [-0.2, 0) is 0 Å². The molecule has 0 aliphatic rings. The topological polar surface area (TPSA) is 58.4 Å². The van der Waals surface area contributed by atoms with Crippen LogP contribution in [0.15, 0.2) is 46.9 Å². The highest BCUT2D eigenvalue weighted by Crippen LogP contribution is 2.29. The average Bonchev–Trinajstić information content (AvgIpc) is 2.90. The molecule has 0 saturated carbocycles. The first-order valence-electron chi connectivity index (χ1n) is 6.26. The van der Waals surface area contributed by atoms with Crippen molar-refractivity contribution in [3.05, 3.63) is 58.4 Å². The van der Waals surface area contributed by atoms with E-state index >= 15 is 0 Å². The van der Waals surface area contributed by atoms with Crippen molar-refractivity contribution < 1.29 is 4.79 Å². The van der Waals surface area contributed by atoms with Crippen LogP contribution in [0.3, 0.4) is 0 Å². The van der Waals surface area contributed by atoms with Gasteiger partial charge in [-0.15, -0.1) is 0 Å². The van der Waals surface area contributed by atoms with E-state index in [0.29, 0.717) is 16.5 Å². The second kappa shape index (κ2) is 6.13. The molecule has 22 heavy (non-hydrogen) atoms. The minimum absolute atomic E-state index is 0.355. The second-order valence-corrected chi connectivity index (χ2v) is 6.32. The number of thiazole rings is 1. The van der Waals surface area contributed by atoms with Crippen molar-refractivity contribution in [2.45, 2.75) is 0 Å². The van der Waals surface area contributed by atoms with Crippen LogP contribution in [0.5, 0.6) is 0 Å². The SMILES string of the molecule is [C-]#[N+]c1ccc2nc(NC(=O)Nc3ccc(Br)cc3)sc2c1. The highest BCUT2D eigenvalue weighted by atomic mass is 79.9. The highest BCUT2D eigenvalue weighted by Gasteiger charge is 2.08. The van der Waals surface area contributed by atoms with Gasteiger partial charge in [0, 0.05) is 14.9 Å². The zero-order chi connectivity index (χ0) is 15.5. The van der Waals surface area contributed by atoms with Gasteiger partial charge in [0.2, 0.25) is 0 Å². The van der Waals surface area contributed by atoms with E-state index in [-0.39, 0.29) is 6.03 Å². The van der Waals surface area contributed by atoms with E-state index in [4.69, 9.17) is 6.57 Å². The Kier molecular flexibility index (Phi) is 4.04. The Morgan fingerprint density at radius 2 is 1.95 bits per heavy atom. The minimum atomic E-state index is -0.355. The van der Waals surface area contributed by atoms with Crippen molar-refractivity contribution in [1.82, 2.24) is 4.98 Å². The van der Waals surface area contributed by atoms with Crippen molar-refractivity contribution in [2.24, 2.45) is 0 Å². The summed E-state index contributed by atoms with van der Waals surface area (Å²) in [7, 11) is 0. The van der Waals surface area contributed by atoms with E-state index in [1.54, 1.807) is 30.3 Å². The summed E-state index contributed by atoms with van der Waals surface area (Å²) in [6.45, 7) is 7.01. The standard InChI is InChI=1S/C15H9BrN4OS/c1-17-11-6-7-12-13(8-11)22-15(19-12)20-14(21)18-10-4-2-9(16)3-5-10/h2-8H,(H2,18,19,20,21). The molecule has 5 nitrogen and oxygen atoms in total. The van der Waals surface area contributed by atoms with E-state index in [0.717, 1.165) is 14.7 Å². The molecule has 0 bridgehead atoms. The summed E-state index contributed by atoms with van der Waals surface area (Å²) in [5.41, 5.74) is 2.01. The van der Waals surface area contributed by atoms with Gasteiger partial charge in [0.1, 0.15) is 0 Å². The molecule has 0 aliphatic carbocycles. The molecule has 2 N–H and O–H groups in total. The van der Waals surface area contributed by atoms with Gasteiger partial charge < -0.3 is 5.32 Å². The van der Waals surface area contributed by atoms with E-state index < -0.39 is 0 Å². The van der Waals surface area contributed by atoms with Crippen molar-refractivity contribution in [3.63, 3.8) is 0 Å². The van der Waals surface area contributed by atoms with Crippen molar-refractivity contribution in [1.29, 1.82) is 0 Å². The van der Waals surface area contributed by atoms with Crippen molar-refractivity contribution in [3.8, 4) is 0 Å². The number of benzene rings is 2. The molecule has 0 atom stereocenters. The Morgan fingerprint density at radius 1 is 1.18 bits per heavy atom. The van der Waals surface area contributed by atoms with Crippen LogP contribution >= 0.6 is 27.3 Å². The van der Waals surface area contributed by atoms with Crippen LogP contribution in [-0.4, -0.2) is 11.0 Å². The maximum atomic E-state index is 12.0. The van der Waals surface area contributed by atoms with Crippen LogP contribution in [0.1, 0.15) is 0 Å². The average molecular weight is 373 g/mol. The van der Waals surface area contributed by atoms with Crippen LogP contribution < -0.4 is 10.6 Å². The third-order valence-electron chi connectivity index (χ3n) is 2.82. The summed E-state index contributed by atoms with van der Waals surface area (Å²) in [4.78, 5) is 19.7. The maximum absolute atomic E-state index is 12.0. The smallest absolute Gasteiger partial charge is 0.308 e. The fourth-order valence-corrected chi connectivity index (χ4v) is 2.99. The maximum Gasteiger partial charge on any atom is 0.325 e. The third-order valence-corrected chi connectivity index (χ3v) is 4.29. The van der Waals surface area contributed by atoms with E-state index in [2.05, 4.69) is 36.4 Å². The normalized spacial score (nSPS) is 10.2. The summed E-state index contributed by atoms with van der Waals surface area (Å²) in [6.07, 6.45) is 0. The molecule has 0 aliphatic heterocycles. The Morgan fingerprint density at radius 3 is 2.68 bits per heavy atom. The van der Waals surface area contributed by atoms with Gasteiger partial charge in [0.15, 0.2) is 10.8 Å². The minimum Gasteiger partial charge on any atom is -0.308 e. The van der Waals surface area contributed by atoms with Crippen molar-refractivity contribution in [2.75, 3.05) is 10.6 Å². The van der Waals surface area contributed by atoms with Gasteiger partial charge in [0.25, 0.3) is 0 Å². The van der Waals surface area contributed by atoms with Crippen LogP contribution in [0.2, 0.25) is 0 Å². The number of carbonyl (C=O) groups is 1. The number of aromatic nitrogens is 1. The quantitative estimate of drug-likeness (QED) is 0.603. The second-order valence-electron chi connectivity index (χ2n) is 4.37. The molecule has 0 radical (unpaired) electrons. The summed E-state index contributed by atoms with van der Waals surface area (Å²) >= 11 is 4.67. The number of hydrogen-bond acceptors (Lipinski definition) is 3. The zero-order valence-electron chi connectivity index (χ0n) is 11.1. The summed E-state index contributed by atoms with van der Waals surface area (Å²) in [5, 5.41) is 5.92. The van der Waals surface area contributed by atoms with Gasteiger partial charge in [0.05, 0.1) is 12.1 Å². The molecule has 3 rings (SSSR count). The van der Waals surface area contributed by atoms with Gasteiger partial charge in [-0.2, -0.15) is 0 Å². The lowest BCUT2D eigenvalue weighted by Gasteiger charge is -2.04. The van der Waals surface area contributed by atoms with Crippen molar-refractivity contribution >= 4 is 60.0 Å². The number of fused-ring (bicyclic) bond motifs is 1. The summed E-state index contributed by atoms with van der Waals surface area (Å²) < 4.78 is 1.81. The first kappa shape index (κ1) is 14.5. The lowest BCUT2D eigenvalue weighted by Crippen LogP contribution is -2.19. The molecule has 0 saturated heterocycles. The summed E-state index contributed by atoms with van der Waals surface area (Å²) in [5.74, 6) is 0. The number of nitrogens with one attached hydrogen (secondary N) is 2. The number of nitrogens with zero attached hydrogens (tertiary/aromatic N) is 2. The van der Waals surface area contributed by atoms with Gasteiger partial charge in [-0.25, -0.2) is 14.6 Å². The monoisotopic (exact) mass is 372 g/mol. The highest BCUT2D eigenvalue weighted by molar-refractivity contribution is 9.10. The van der Waals surface area contributed by atoms with Gasteiger partial charge in [-0.3, -0.25) is 5.32 Å². The first-order chi connectivity index (χ1) is 10.6. The predicted octanol–water partition coefficient (Wildman–Crippen LogP) is 5.25. The molecule has 7 heteroatoms. The molecule has 2 aromatic carbocycles. The molecule has 0 spiro atoms. The van der Waals surface area contributed by atoms with Gasteiger partial charge in [-0.1, -0.05) is 33.3 Å². The first-order valence-corrected chi connectivity index (χ1v) is 7.86. The number of carbonyl (C=O) groups excluding carboxylic acids is 1. The number of rotatable bonds is 2. The molecular weight excluding hydrogens is 364 g/mol. The zero-order valence-corrected chi connectivity index (χ0v) is 13.5. The van der Waals surface area contributed by atoms with Crippen LogP contribution in [0, 0.1) is 6.57 Å². The Hall–Kier alpha value is -2.43. The molecule has 0 unspecified atom stereocenters. The molecule has 108 valence electrons. The fraction of sp³-hybridized carbons (Fsp3) is 0. The predicted molar refractivity (Wildman–Crippen MR) is 92.7 cm³/mol. The number of hydrogen-bond donors (Lipinski definition) is 2. The number of anilines is 2. The van der Waals surface area contributed by atoms with Crippen LogP contribution in [0.25, 0.3) is 15.1 Å². The lowest BCUT2D eigenvalue weighted by atomic mass is 10.3. The summed E-state index contributed by atoms with van der Waals surface area (Å²) in [6, 6.07) is 12.2. The largest absolute Gasteiger partial charge is 0.325 e. The lowest BCUT2D eigenvalue weighted by molar-refractivity contribution is 0.262. The van der Waals surface area contributed by atoms with E-state index in [9.17, 15) is 4.79 Å². The van der Waals surface area contributed by atoms with E-state index in [1.807, 2.05) is 12.1 Å². The molecule has 1 heterocycles. The molecule has 0 fully saturated rings. The molecule has 1 aromatic heterocycles. The molecule has 2 amide bonds. The Bertz CT molecular complexity index is 883. The number of halogens is 1. The van der Waals surface area contributed by atoms with Gasteiger partial charge in [-0.05, 0) is 36.4 Å². The van der Waals surface area contributed by atoms with Gasteiger partial charge >= 0.3 is 6.03 Å². The van der Waals surface area contributed by atoms with Crippen LogP contribution in [0.4, 0.5) is 21.3 Å².